The molecule has 0 spiro atoms. The Hall–Kier alpha value is -1.10. The largest absolute Gasteiger partial charge is 0.465 e. The third-order valence-electron chi connectivity index (χ3n) is 2.25. The fourth-order valence-corrected chi connectivity index (χ4v) is 1.30. The van der Waals surface area contributed by atoms with Crippen LogP contribution in [0.3, 0.4) is 0 Å². The lowest BCUT2D eigenvalue weighted by Crippen LogP contribution is -2.49. The van der Waals surface area contributed by atoms with Gasteiger partial charge in [-0.25, -0.2) is 4.79 Å². The third kappa shape index (κ3) is 3.74. The van der Waals surface area contributed by atoms with E-state index in [1.807, 2.05) is 6.92 Å². The van der Waals surface area contributed by atoms with Crippen LogP contribution in [0.1, 0.15) is 26.7 Å². The van der Waals surface area contributed by atoms with Crippen molar-refractivity contribution < 1.29 is 14.7 Å². The highest BCUT2D eigenvalue weighted by atomic mass is 16.4. The van der Waals surface area contributed by atoms with E-state index in [2.05, 4.69) is 0 Å². The zero-order valence-electron chi connectivity index (χ0n) is 8.64. The van der Waals surface area contributed by atoms with E-state index in [0.717, 1.165) is 17.7 Å². The van der Waals surface area contributed by atoms with Gasteiger partial charge in [0.2, 0.25) is 0 Å². The lowest BCUT2D eigenvalue weighted by molar-refractivity contribution is -0.109. The van der Waals surface area contributed by atoms with Crippen LogP contribution in [0.5, 0.6) is 0 Å². The molecule has 0 aromatic rings. The van der Waals surface area contributed by atoms with Crippen LogP contribution < -0.4 is 5.73 Å². The van der Waals surface area contributed by atoms with Gasteiger partial charge in [-0.05, 0) is 13.3 Å². The number of amides is 1. The van der Waals surface area contributed by atoms with Crippen LogP contribution in [0.4, 0.5) is 4.79 Å². The summed E-state index contributed by atoms with van der Waals surface area (Å²) in [5.74, 6) is 0. The maximum Gasteiger partial charge on any atom is 0.407 e. The number of carboxylic acid groups (broad SMARTS) is 1. The molecule has 0 saturated heterocycles. The van der Waals surface area contributed by atoms with Gasteiger partial charge in [-0.15, -0.1) is 0 Å². The van der Waals surface area contributed by atoms with E-state index in [1.165, 1.54) is 0 Å². The molecule has 0 aliphatic rings. The van der Waals surface area contributed by atoms with E-state index in [-0.39, 0.29) is 18.6 Å². The van der Waals surface area contributed by atoms with E-state index in [9.17, 15) is 9.59 Å². The Bertz CT molecular complexity index is 196. The fraction of sp³-hybridized carbons (Fsp3) is 0.778. The van der Waals surface area contributed by atoms with Gasteiger partial charge in [-0.1, -0.05) is 13.3 Å². The zero-order chi connectivity index (χ0) is 11.1. The Kier molecular flexibility index (Phi) is 5.87. The highest BCUT2D eigenvalue weighted by Crippen LogP contribution is 2.07. The lowest BCUT2D eigenvalue weighted by Gasteiger charge is -2.29. The van der Waals surface area contributed by atoms with Crippen LogP contribution in [-0.2, 0) is 4.79 Å². The number of hydrogen-bond donors (Lipinski definition) is 2. The van der Waals surface area contributed by atoms with E-state index in [1.54, 1.807) is 6.92 Å². The van der Waals surface area contributed by atoms with Crippen molar-refractivity contribution in [2.75, 3.05) is 6.54 Å². The highest BCUT2D eigenvalue weighted by Gasteiger charge is 2.23. The first-order chi connectivity index (χ1) is 6.54. The van der Waals surface area contributed by atoms with Crippen molar-refractivity contribution >= 4 is 12.4 Å². The Morgan fingerprint density at radius 3 is 2.57 bits per heavy atom. The summed E-state index contributed by atoms with van der Waals surface area (Å²) in [5.41, 5.74) is 5.78. The Morgan fingerprint density at radius 2 is 2.21 bits per heavy atom. The van der Waals surface area contributed by atoms with E-state index in [4.69, 9.17) is 10.8 Å². The second kappa shape index (κ2) is 6.37. The maximum atomic E-state index is 10.8. The number of nitrogens with zero attached hydrogens (tertiary/aromatic N) is 1. The first kappa shape index (κ1) is 12.9. The second-order valence-corrected chi connectivity index (χ2v) is 3.29. The van der Waals surface area contributed by atoms with Crippen molar-refractivity contribution in [2.24, 2.45) is 5.73 Å². The molecule has 0 aromatic carbocycles. The third-order valence-corrected chi connectivity index (χ3v) is 2.25. The van der Waals surface area contributed by atoms with Gasteiger partial charge in [-0.2, -0.15) is 0 Å². The van der Waals surface area contributed by atoms with Crippen molar-refractivity contribution in [1.29, 1.82) is 0 Å². The van der Waals surface area contributed by atoms with Gasteiger partial charge in [0.05, 0.1) is 6.54 Å². The molecule has 0 rings (SSSR count). The number of carbonyl (C=O) groups is 2. The second-order valence-electron chi connectivity index (χ2n) is 3.29. The summed E-state index contributed by atoms with van der Waals surface area (Å²) in [6.07, 6.45) is 1.13. The average Bonchev–Trinajstić information content (AvgIpc) is 2.13. The molecule has 0 fully saturated rings. The van der Waals surface area contributed by atoms with Gasteiger partial charge in [0, 0.05) is 12.1 Å². The van der Waals surface area contributed by atoms with Crippen molar-refractivity contribution in [3.63, 3.8) is 0 Å². The molecule has 0 bridgehead atoms. The first-order valence-electron chi connectivity index (χ1n) is 4.73. The molecule has 5 nitrogen and oxygen atoms in total. The summed E-state index contributed by atoms with van der Waals surface area (Å²) in [4.78, 5) is 22.1. The molecule has 0 aliphatic heterocycles. The van der Waals surface area contributed by atoms with Crippen LogP contribution >= 0.6 is 0 Å². The Labute approximate surface area is 83.9 Å². The SMILES string of the molecule is CCCC(N)C(C)N(CC=O)C(=O)O. The summed E-state index contributed by atoms with van der Waals surface area (Å²) in [7, 11) is 0. The summed E-state index contributed by atoms with van der Waals surface area (Å²) in [5, 5.41) is 8.80. The molecule has 14 heavy (non-hydrogen) atoms. The highest BCUT2D eigenvalue weighted by molar-refractivity contribution is 5.69. The molecule has 0 aliphatic carbocycles. The van der Waals surface area contributed by atoms with Gasteiger partial charge in [-0.3, -0.25) is 4.90 Å². The monoisotopic (exact) mass is 202 g/mol. The maximum absolute atomic E-state index is 10.8. The van der Waals surface area contributed by atoms with E-state index < -0.39 is 6.09 Å². The molecule has 3 N–H and O–H groups in total. The summed E-state index contributed by atoms with van der Waals surface area (Å²) >= 11 is 0. The quantitative estimate of drug-likeness (QED) is 0.620. The van der Waals surface area contributed by atoms with Gasteiger partial charge in [0.25, 0.3) is 0 Å². The van der Waals surface area contributed by atoms with Gasteiger partial charge >= 0.3 is 6.09 Å². The van der Waals surface area contributed by atoms with Crippen molar-refractivity contribution in [3.8, 4) is 0 Å². The molecule has 5 heteroatoms. The minimum atomic E-state index is -1.10. The number of rotatable bonds is 6. The van der Waals surface area contributed by atoms with Gasteiger partial charge in [0.15, 0.2) is 0 Å². The minimum Gasteiger partial charge on any atom is -0.465 e. The molecular weight excluding hydrogens is 184 g/mol. The van der Waals surface area contributed by atoms with Crippen LogP contribution in [0.2, 0.25) is 0 Å². The summed E-state index contributed by atoms with van der Waals surface area (Å²) in [6, 6.07) is -0.534. The lowest BCUT2D eigenvalue weighted by atomic mass is 10.0. The van der Waals surface area contributed by atoms with Crippen molar-refractivity contribution in [3.05, 3.63) is 0 Å². The molecule has 0 saturated carbocycles. The smallest absolute Gasteiger partial charge is 0.407 e. The van der Waals surface area contributed by atoms with Gasteiger partial charge in [0.1, 0.15) is 6.29 Å². The van der Waals surface area contributed by atoms with E-state index in [0.29, 0.717) is 6.29 Å². The van der Waals surface area contributed by atoms with Crippen LogP contribution in [-0.4, -0.2) is 41.0 Å². The van der Waals surface area contributed by atoms with Crippen LogP contribution in [0.15, 0.2) is 0 Å². The van der Waals surface area contributed by atoms with Crippen molar-refractivity contribution in [1.82, 2.24) is 4.90 Å². The molecule has 0 radical (unpaired) electrons. The molecule has 1 amide bonds. The molecule has 82 valence electrons. The molecular formula is C9H18N2O3. The van der Waals surface area contributed by atoms with E-state index >= 15 is 0 Å². The van der Waals surface area contributed by atoms with Crippen LogP contribution in [0.25, 0.3) is 0 Å². The predicted octanol–water partition coefficient (Wildman–Crippen LogP) is 0.681. The van der Waals surface area contributed by atoms with Gasteiger partial charge < -0.3 is 15.6 Å². The predicted molar refractivity (Wildman–Crippen MR) is 53.1 cm³/mol. The van der Waals surface area contributed by atoms with Crippen LogP contribution in [0, 0.1) is 0 Å². The average molecular weight is 202 g/mol. The Morgan fingerprint density at radius 1 is 1.64 bits per heavy atom. The molecule has 2 unspecified atom stereocenters. The number of carbonyl (C=O) groups excluding carboxylic acids is 1. The number of hydrogen-bond acceptors (Lipinski definition) is 3. The zero-order valence-corrected chi connectivity index (χ0v) is 8.64. The Balaban J connectivity index is 4.33. The topological polar surface area (TPSA) is 83.6 Å². The first-order valence-corrected chi connectivity index (χ1v) is 4.73. The number of aldehydes is 1. The fourth-order valence-electron chi connectivity index (χ4n) is 1.30. The summed E-state index contributed by atoms with van der Waals surface area (Å²) < 4.78 is 0. The number of nitrogens with two attached hydrogens (primary N) is 1. The minimum absolute atomic E-state index is 0.117. The summed E-state index contributed by atoms with van der Waals surface area (Å²) in [6.45, 7) is 3.59. The molecule has 0 heterocycles. The standard InChI is InChI=1S/C9H18N2O3/c1-3-4-8(10)7(2)11(5-6-12)9(13)14/h6-8H,3-5,10H2,1-2H3,(H,13,14). The molecule has 2 atom stereocenters. The normalized spacial score (nSPS) is 14.5. The molecule has 0 aromatic heterocycles. The van der Waals surface area contributed by atoms with Crippen molar-refractivity contribution in [2.45, 2.75) is 38.8 Å².